The van der Waals surface area contributed by atoms with Gasteiger partial charge in [-0.3, -0.25) is 4.98 Å². The molecule has 0 fully saturated rings. The van der Waals surface area contributed by atoms with E-state index in [9.17, 15) is 17.6 Å². The van der Waals surface area contributed by atoms with Gasteiger partial charge in [0.25, 0.3) is 0 Å². The highest BCUT2D eigenvalue weighted by atomic mass is 32.2. The fraction of sp³-hybridized carbons (Fsp3) is 0.100. The first-order chi connectivity index (χ1) is 13.9. The summed E-state index contributed by atoms with van der Waals surface area (Å²) >= 11 is 0. The number of hydrogen-bond acceptors (Lipinski definition) is 5. The van der Waals surface area contributed by atoms with E-state index in [-0.39, 0.29) is 16.3 Å². The molecule has 3 aromatic rings. The molecular weight excluding hydrogens is 395 g/mol. The number of urea groups is 1. The molecule has 7 nitrogen and oxygen atoms in total. The summed E-state index contributed by atoms with van der Waals surface area (Å²) < 4.78 is 39.2. The maximum absolute atomic E-state index is 13.7. The van der Waals surface area contributed by atoms with E-state index in [1.807, 2.05) is 6.07 Å². The predicted octanol–water partition coefficient (Wildman–Crippen LogP) is 2.83. The van der Waals surface area contributed by atoms with E-state index < -0.39 is 21.7 Å². The van der Waals surface area contributed by atoms with Gasteiger partial charge >= 0.3 is 6.03 Å². The van der Waals surface area contributed by atoms with Crippen LogP contribution in [0.5, 0.6) is 0 Å². The van der Waals surface area contributed by atoms with Crippen molar-refractivity contribution >= 4 is 21.6 Å². The number of sulfone groups is 1. The van der Waals surface area contributed by atoms with Gasteiger partial charge in [0.2, 0.25) is 9.84 Å². The van der Waals surface area contributed by atoms with Crippen LogP contribution in [-0.2, 0) is 22.9 Å². The molecule has 1 heterocycles. The Morgan fingerprint density at radius 3 is 2.45 bits per heavy atom. The second-order valence-electron chi connectivity index (χ2n) is 6.20. The average molecular weight is 414 g/mol. The lowest BCUT2D eigenvalue weighted by atomic mass is 10.2. The lowest BCUT2D eigenvalue weighted by Crippen LogP contribution is -2.28. The van der Waals surface area contributed by atoms with Crippen LogP contribution in [0.25, 0.3) is 0 Å². The number of nitrogens with one attached hydrogen (secondary N) is 2. The SMILES string of the molecule is NCc1cc(F)cc(S(=O)(=O)c2ccc(NC(=O)NCc3cccnc3)cc2)c1. The zero-order chi connectivity index (χ0) is 20.9. The molecule has 2 amide bonds. The van der Waals surface area contributed by atoms with E-state index in [2.05, 4.69) is 15.6 Å². The first-order valence-corrected chi connectivity index (χ1v) is 10.2. The van der Waals surface area contributed by atoms with Crippen molar-refractivity contribution in [3.63, 3.8) is 0 Å². The van der Waals surface area contributed by atoms with E-state index in [0.717, 1.165) is 11.6 Å². The van der Waals surface area contributed by atoms with Crippen molar-refractivity contribution < 1.29 is 17.6 Å². The van der Waals surface area contributed by atoms with Gasteiger partial charge in [-0.1, -0.05) is 6.07 Å². The number of amides is 2. The second-order valence-corrected chi connectivity index (χ2v) is 8.15. The Morgan fingerprint density at radius 1 is 1.03 bits per heavy atom. The molecule has 1 aromatic heterocycles. The summed E-state index contributed by atoms with van der Waals surface area (Å²) in [7, 11) is -3.92. The third kappa shape index (κ3) is 5.15. The minimum atomic E-state index is -3.92. The van der Waals surface area contributed by atoms with E-state index in [1.165, 1.54) is 36.4 Å². The smallest absolute Gasteiger partial charge is 0.319 e. The molecule has 3 rings (SSSR count). The second kappa shape index (κ2) is 8.80. The molecule has 2 aromatic carbocycles. The normalized spacial score (nSPS) is 11.1. The molecule has 9 heteroatoms. The molecule has 0 spiro atoms. The van der Waals surface area contributed by atoms with Crippen LogP contribution < -0.4 is 16.4 Å². The summed E-state index contributed by atoms with van der Waals surface area (Å²) in [6, 6.07) is 12.2. The first kappa shape index (κ1) is 20.4. The molecule has 0 atom stereocenters. The van der Waals surface area contributed by atoms with E-state index in [4.69, 9.17) is 5.73 Å². The molecule has 0 saturated carbocycles. The van der Waals surface area contributed by atoms with Gasteiger partial charge in [0.05, 0.1) is 9.79 Å². The monoisotopic (exact) mass is 414 g/mol. The molecule has 0 unspecified atom stereocenters. The van der Waals surface area contributed by atoms with Crippen molar-refractivity contribution in [2.45, 2.75) is 22.9 Å². The maximum Gasteiger partial charge on any atom is 0.319 e. The molecule has 0 aliphatic carbocycles. The highest BCUT2D eigenvalue weighted by Gasteiger charge is 2.19. The number of nitrogens with zero attached hydrogens (tertiary/aromatic N) is 1. The van der Waals surface area contributed by atoms with E-state index in [1.54, 1.807) is 18.5 Å². The zero-order valence-corrected chi connectivity index (χ0v) is 16.1. The molecular formula is C20H19FN4O3S. The Hall–Kier alpha value is -3.30. The topological polar surface area (TPSA) is 114 Å². The van der Waals surface area contributed by atoms with Crippen LogP contribution in [0.4, 0.5) is 14.9 Å². The largest absolute Gasteiger partial charge is 0.334 e. The van der Waals surface area contributed by atoms with Crippen molar-refractivity contribution in [3.8, 4) is 0 Å². The van der Waals surface area contributed by atoms with Crippen LogP contribution in [-0.4, -0.2) is 19.4 Å². The molecule has 0 aliphatic heterocycles. The average Bonchev–Trinajstić information content (AvgIpc) is 2.73. The summed E-state index contributed by atoms with van der Waals surface area (Å²) in [5.41, 5.74) is 7.12. The molecule has 150 valence electrons. The quantitative estimate of drug-likeness (QED) is 0.574. The number of benzene rings is 2. The molecule has 0 radical (unpaired) electrons. The standard InChI is InChI=1S/C20H19FN4O3S/c21-16-8-15(11-22)9-19(10-16)29(27,28)18-5-3-17(4-6-18)25-20(26)24-13-14-2-1-7-23-12-14/h1-10,12H,11,13,22H2,(H2,24,25,26). The fourth-order valence-corrected chi connectivity index (χ4v) is 3.95. The van der Waals surface area contributed by atoms with Crippen molar-refractivity contribution in [1.82, 2.24) is 10.3 Å². The molecule has 29 heavy (non-hydrogen) atoms. The Kier molecular flexibility index (Phi) is 6.20. The zero-order valence-electron chi connectivity index (χ0n) is 15.3. The highest BCUT2D eigenvalue weighted by molar-refractivity contribution is 7.91. The fourth-order valence-electron chi connectivity index (χ4n) is 2.61. The van der Waals surface area contributed by atoms with Gasteiger partial charge in [0.15, 0.2) is 0 Å². The number of halogens is 1. The van der Waals surface area contributed by atoms with Gasteiger partial charge in [-0.05, 0) is 59.7 Å². The number of hydrogen-bond donors (Lipinski definition) is 3. The van der Waals surface area contributed by atoms with E-state index >= 15 is 0 Å². The number of aromatic nitrogens is 1. The lowest BCUT2D eigenvalue weighted by molar-refractivity contribution is 0.251. The van der Waals surface area contributed by atoms with Gasteiger partial charge < -0.3 is 16.4 Å². The van der Waals surface area contributed by atoms with Crippen LogP contribution >= 0.6 is 0 Å². The minimum absolute atomic E-state index is 0.0209. The number of anilines is 1. The van der Waals surface area contributed by atoms with Crippen molar-refractivity contribution in [3.05, 3.63) is 83.9 Å². The lowest BCUT2D eigenvalue weighted by Gasteiger charge is -2.10. The van der Waals surface area contributed by atoms with Crippen LogP contribution in [0.3, 0.4) is 0 Å². The number of carbonyl (C=O) groups is 1. The van der Waals surface area contributed by atoms with Crippen LogP contribution in [0, 0.1) is 5.82 Å². The van der Waals surface area contributed by atoms with Gasteiger partial charge in [0.1, 0.15) is 5.82 Å². The molecule has 0 saturated heterocycles. The summed E-state index contributed by atoms with van der Waals surface area (Å²) in [6.45, 7) is 0.326. The molecule has 4 N–H and O–H groups in total. The van der Waals surface area contributed by atoms with Crippen molar-refractivity contribution in [1.29, 1.82) is 0 Å². The third-order valence-electron chi connectivity index (χ3n) is 4.08. The predicted molar refractivity (Wildman–Crippen MR) is 106 cm³/mol. The molecule has 0 aliphatic rings. The first-order valence-electron chi connectivity index (χ1n) is 8.67. The maximum atomic E-state index is 13.7. The summed E-state index contributed by atoms with van der Waals surface area (Å²) in [4.78, 5) is 15.8. The molecule has 0 bridgehead atoms. The summed E-state index contributed by atoms with van der Waals surface area (Å²) in [5, 5.41) is 5.29. The van der Waals surface area contributed by atoms with Gasteiger partial charge in [-0.15, -0.1) is 0 Å². The Labute approximate surface area is 167 Å². The van der Waals surface area contributed by atoms with E-state index in [0.29, 0.717) is 17.8 Å². The Balaban J connectivity index is 1.69. The number of rotatable bonds is 6. The Morgan fingerprint density at radius 2 is 1.79 bits per heavy atom. The van der Waals surface area contributed by atoms with Crippen LogP contribution in [0.1, 0.15) is 11.1 Å². The van der Waals surface area contributed by atoms with Gasteiger partial charge in [-0.2, -0.15) is 0 Å². The minimum Gasteiger partial charge on any atom is -0.334 e. The third-order valence-corrected chi connectivity index (χ3v) is 5.82. The summed E-state index contributed by atoms with van der Waals surface area (Å²) in [6.07, 6.45) is 3.28. The number of carbonyl (C=O) groups excluding carboxylic acids is 1. The summed E-state index contributed by atoms with van der Waals surface area (Å²) in [5.74, 6) is -0.671. The number of pyridine rings is 1. The van der Waals surface area contributed by atoms with Crippen molar-refractivity contribution in [2.24, 2.45) is 5.73 Å². The van der Waals surface area contributed by atoms with Crippen molar-refractivity contribution in [2.75, 3.05) is 5.32 Å². The Bertz CT molecular complexity index is 1100. The van der Waals surface area contributed by atoms with Gasteiger partial charge in [0, 0.05) is 31.2 Å². The van der Waals surface area contributed by atoms with Crippen LogP contribution in [0.15, 0.2) is 76.8 Å². The van der Waals surface area contributed by atoms with Crippen LogP contribution in [0.2, 0.25) is 0 Å². The van der Waals surface area contributed by atoms with Gasteiger partial charge in [-0.25, -0.2) is 17.6 Å². The number of nitrogens with two attached hydrogens (primary N) is 1. The highest BCUT2D eigenvalue weighted by Crippen LogP contribution is 2.24.